The summed E-state index contributed by atoms with van der Waals surface area (Å²) in [5.74, 6) is 0.443. The van der Waals surface area contributed by atoms with Gasteiger partial charge in [0.05, 0.1) is 25.3 Å². The Morgan fingerprint density at radius 1 is 1.19 bits per heavy atom. The third kappa shape index (κ3) is 6.35. The maximum absolute atomic E-state index is 12.7. The summed E-state index contributed by atoms with van der Waals surface area (Å²) in [5, 5.41) is 7.90. The maximum atomic E-state index is 12.7. The maximum Gasteiger partial charge on any atom is 0.416 e. The molecule has 0 unspecified atom stereocenters. The Hall–Kier alpha value is -2.42. The lowest BCUT2D eigenvalue weighted by Gasteiger charge is -2.20. The number of esters is 1. The first kappa shape index (κ1) is 20.9. The van der Waals surface area contributed by atoms with E-state index in [0.29, 0.717) is 17.3 Å². The fraction of sp³-hybridized carbons (Fsp3) is 0.500. The molecule has 0 amide bonds. The van der Waals surface area contributed by atoms with Crippen LogP contribution in [-0.2, 0) is 28.8 Å². The molecular formula is C18H22F3N3O3. The number of aromatic nitrogens is 2. The van der Waals surface area contributed by atoms with Gasteiger partial charge in [-0.05, 0) is 24.6 Å². The fourth-order valence-electron chi connectivity index (χ4n) is 2.37. The lowest BCUT2D eigenvalue weighted by molar-refractivity contribution is -0.144. The number of carbonyl (C=O) groups excluding carboxylic acids is 1. The molecule has 0 aliphatic heterocycles. The summed E-state index contributed by atoms with van der Waals surface area (Å²) in [6.07, 6.45) is -4.39. The van der Waals surface area contributed by atoms with Gasteiger partial charge in [-0.2, -0.15) is 13.2 Å². The Kier molecular flexibility index (Phi) is 6.95. The zero-order valence-corrected chi connectivity index (χ0v) is 15.4. The van der Waals surface area contributed by atoms with Gasteiger partial charge in [0.15, 0.2) is 0 Å². The van der Waals surface area contributed by atoms with Crippen molar-refractivity contribution in [2.24, 2.45) is 0 Å². The molecule has 0 aliphatic rings. The van der Waals surface area contributed by atoms with Crippen molar-refractivity contribution in [2.75, 3.05) is 13.2 Å². The summed E-state index contributed by atoms with van der Waals surface area (Å²) < 4.78 is 48.6. The summed E-state index contributed by atoms with van der Waals surface area (Å²) in [4.78, 5) is 13.5. The van der Waals surface area contributed by atoms with E-state index >= 15 is 0 Å². The molecule has 2 rings (SSSR count). The number of carbonyl (C=O) groups is 1. The van der Waals surface area contributed by atoms with Crippen molar-refractivity contribution in [3.63, 3.8) is 0 Å². The number of benzene rings is 1. The van der Waals surface area contributed by atoms with Crippen molar-refractivity contribution in [2.45, 2.75) is 46.0 Å². The molecule has 0 spiro atoms. The zero-order chi connectivity index (χ0) is 20.0. The van der Waals surface area contributed by atoms with Gasteiger partial charge >= 0.3 is 12.1 Å². The molecule has 1 aromatic heterocycles. The number of nitrogens with zero attached hydrogens (tertiary/aromatic N) is 3. The van der Waals surface area contributed by atoms with Crippen molar-refractivity contribution in [1.82, 2.24) is 15.1 Å². The Morgan fingerprint density at radius 2 is 1.85 bits per heavy atom. The molecule has 0 fully saturated rings. The molecule has 0 saturated carbocycles. The highest BCUT2D eigenvalue weighted by Gasteiger charge is 2.30. The number of hydrogen-bond donors (Lipinski definition) is 0. The van der Waals surface area contributed by atoms with Gasteiger partial charge in [-0.3, -0.25) is 9.69 Å². The predicted molar refractivity (Wildman–Crippen MR) is 90.6 cm³/mol. The molecule has 1 heterocycles. The monoisotopic (exact) mass is 385 g/mol. The lowest BCUT2D eigenvalue weighted by Crippen LogP contribution is -2.30. The van der Waals surface area contributed by atoms with Crippen LogP contribution in [0.5, 0.6) is 0 Å². The standard InChI is InChI=1S/C18H22F3N3O3/c1-4-26-16(25)11-24(10-15-22-23-17(27-15)12(2)3)9-13-5-7-14(8-6-13)18(19,20)21/h5-8,12H,4,9-11H2,1-3H3. The normalized spacial score (nSPS) is 12.0. The highest BCUT2D eigenvalue weighted by molar-refractivity contribution is 5.71. The van der Waals surface area contributed by atoms with Gasteiger partial charge in [0.1, 0.15) is 0 Å². The lowest BCUT2D eigenvalue weighted by atomic mass is 10.1. The van der Waals surface area contributed by atoms with Crippen LogP contribution in [0.15, 0.2) is 28.7 Å². The first-order valence-electron chi connectivity index (χ1n) is 8.55. The summed E-state index contributed by atoms with van der Waals surface area (Å²) in [7, 11) is 0. The van der Waals surface area contributed by atoms with Crippen molar-refractivity contribution in [3.8, 4) is 0 Å². The van der Waals surface area contributed by atoms with E-state index in [-0.39, 0.29) is 32.2 Å². The van der Waals surface area contributed by atoms with Crippen LogP contribution in [0.1, 0.15) is 49.6 Å². The molecule has 0 bridgehead atoms. The van der Waals surface area contributed by atoms with Gasteiger partial charge in [-0.25, -0.2) is 0 Å². The average Bonchev–Trinajstić information content (AvgIpc) is 3.03. The third-order valence-electron chi connectivity index (χ3n) is 3.68. The van der Waals surface area contributed by atoms with Crippen molar-refractivity contribution >= 4 is 5.97 Å². The van der Waals surface area contributed by atoms with Crippen LogP contribution in [0.25, 0.3) is 0 Å². The summed E-state index contributed by atoms with van der Waals surface area (Å²) in [6, 6.07) is 4.80. The number of halogens is 3. The van der Waals surface area contributed by atoms with Crippen LogP contribution in [0.2, 0.25) is 0 Å². The van der Waals surface area contributed by atoms with E-state index in [0.717, 1.165) is 12.1 Å². The Labute approximate surface area is 155 Å². The second-order valence-corrected chi connectivity index (χ2v) is 6.33. The molecule has 1 aromatic carbocycles. The van der Waals surface area contributed by atoms with E-state index in [4.69, 9.17) is 9.15 Å². The van der Waals surface area contributed by atoms with E-state index in [1.54, 1.807) is 11.8 Å². The van der Waals surface area contributed by atoms with Crippen LogP contribution in [-0.4, -0.2) is 34.2 Å². The molecule has 0 atom stereocenters. The highest BCUT2D eigenvalue weighted by atomic mass is 19.4. The Bertz CT molecular complexity index is 742. The van der Waals surface area contributed by atoms with Gasteiger partial charge in [0.2, 0.25) is 11.8 Å². The number of ether oxygens (including phenoxy) is 1. The molecule has 2 aromatic rings. The first-order chi connectivity index (χ1) is 12.7. The minimum absolute atomic E-state index is 0.0474. The predicted octanol–water partition coefficient (Wildman–Crippen LogP) is 3.78. The molecule has 27 heavy (non-hydrogen) atoms. The molecule has 0 aliphatic carbocycles. The van der Waals surface area contributed by atoms with Crippen molar-refractivity contribution in [1.29, 1.82) is 0 Å². The fourth-order valence-corrected chi connectivity index (χ4v) is 2.37. The largest absolute Gasteiger partial charge is 0.465 e. The second kappa shape index (κ2) is 8.98. The second-order valence-electron chi connectivity index (χ2n) is 6.33. The van der Waals surface area contributed by atoms with Gasteiger partial charge < -0.3 is 9.15 Å². The molecule has 0 N–H and O–H groups in total. The molecule has 9 heteroatoms. The van der Waals surface area contributed by atoms with E-state index in [1.165, 1.54) is 12.1 Å². The SMILES string of the molecule is CCOC(=O)CN(Cc1ccc(C(F)(F)F)cc1)Cc1nnc(C(C)C)o1. The van der Waals surface area contributed by atoms with E-state index in [2.05, 4.69) is 10.2 Å². The first-order valence-corrected chi connectivity index (χ1v) is 8.55. The smallest absolute Gasteiger partial charge is 0.416 e. The van der Waals surface area contributed by atoms with Crippen LogP contribution in [0.4, 0.5) is 13.2 Å². The molecule has 6 nitrogen and oxygen atoms in total. The van der Waals surface area contributed by atoms with Crippen LogP contribution < -0.4 is 0 Å². The van der Waals surface area contributed by atoms with Gasteiger partial charge in [-0.1, -0.05) is 26.0 Å². The average molecular weight is 385 g/mol. The molecule has 0 saturated heterocycles. The van der Waals surface area contributed by atoms with E-state index < -0.39 is 17.7 Å². The van der Waals surface area contributed by atoms with Gasteiger partial charge in [0, 0.05) is 12.5 Å². The topological polar surface area (TPSA) is 68.5 Å². The third-order valence-corrected chi connectivity index (χ3v) is 3.68. The highest BCUT2D eigenvalue weighted by Crippen LogP contribution is 2.29. The van der Waals surface area contributed by atoms with Crippen LogP contribution in [0, 0.1) is 0 Å². The number of hydrogen-bond acceptors (Lipinski definition) is 6. The number of rotatable bonds is 8. The summed E-state index contributed by atoms with van der Waals surface area (Å²) in [6.45, 7) is 6.13. The summed E-state index contributed by atoms with van der Waals surface area (Å²) >= 11 is 0. The van der Waals surface area contributed by atoms with Crippen LogP contribution >= 0.6 is 0 Å². The molecule has 148 valence electrons. The van der Waals surface area contributed by atoms with Gasteiger partial charge in [0.25, 0.3) is 0 Å². The van der Waals surface area contributed by atoms with Crippen molar-refractivity contribution in [3.05, 3.63) is 47.2 Å². The molecule has 0 radical (unpaired) electrons. The van der Waals surface area contributed by atoms with E-state index in [1.807, 2.05) is 13.8 Å². The minimum atomic E-state index is -4.39. The van der Waals surface area contributed by atoms with Crippen LogP contribution in [0.3, 0.4) is 0 Å². The van der Waals surface area contributed by atoms with Crippen molar-refractivity contribution < 1.29 is 27.1 Å². The van der Waals surface area contributed by atoms with E-state index in [9.17, 15) is 18.0 Å². The minimum Gasteiger partial charge on any atom is -0.465 e. The zero-order valence-electron chi connectivity index (χ0n) is 15.4. The Balaban J connectivity index is 2.12. The molecular weight excluding hydrogens is 363 g/mol. The summed E-state index contributed by atoms with van der Waals surface area (Å²) in [5.41, 5.74) is -0.0995. The quantitative estimate of drug-likeness (QED) is 0.644. The number of alkyl halides is 3. The Morgan fingerprint density at radius 3 is 2.37 bits per heavy atom. The van der Waals surface area contributed by atoms with Gasteiger partial charge in [-0.15, -0.1) is 10.2 Å².